The van der Waals surface area contributed by atoms with Gasteiger partial charge in [0.15, 0.2) is 0 Å². The summed E-state index contributed by atoms with van der Waals surface area (Å²) < 4.78 is 37.8. The van der Waals surface area contributed by atoms with Gasteiger partial charge in [-0.05, 0) is 24.3 Å². The number of aliphatic hydroxyl groups excluding tert-OH is 1. The maximum Gasteiger partial charge on any atom is 0.401 e. The van der Waals surface area contributed by atoms with Gasteiger partial charge in [0, 0.05) is 13.1 Å². The molecule has 0 aliphatic heterocycles. The van der Waals surface area contributed by atoms with Crippen molar-refractivity contribution in [2.45, 2.75) is 31.5 Å². The van der Waals surface area contributed by atoms with Crippen LogP contribution in [0.4, 0.5) is 13.2 Å². The highest BCUT2D eigenvalue weighted by molar-refractivity contribution is 5.17. The first kappa shape index (κ1) is 15.3. The number of benzene rings is 1. The predicted molar refractivity (Wildman–Crippen MR) is 71.2 cm³/mol. The van der Waals surface area contributed by atoms with E-state index in [9.17, 15) is 18.3 Å². The van der Waals surface area contributed by atoms with Crippen molar-refractivity contribution in [1.82, 2.24) is 4.90 Å². The molecule has 0 aromatic heterocycles. The molecule has 112 valence electrons. The minimum Gasteiger partial charge on any atom is -0.387 e. The molecule has 0 heterocycles. The summed E-state index contributed by atoms with van der Waals surface area (Å²) in [5, 5.41) is 10.1. The monoisotopic (exact) mass is 287 g/mol. The highest BCUT2D eigenvalue weighted by Crippen LogP contribution is 2.29. The van der Waals surface area contributed by atoms with Crippen LogP contribution in [0, 0.1) is 5.92 Å². The third-order valence-corrected chi connectivity index (χ3v) is 3.76. The average Bonchev–Trinajstić information content (AvgIpc) is 2.33. The van der Waals surface area contributed by atoms with E-state index >= 15 is 0 Å². The molecule has 0 spiro atoms. The third-order valence-electron chi connectivity index (χ3n) is 3.76. The van der Waals surface area contributed by atoms with Gasteiger partial charge in [0.25, 0.3) is 0 Å². The van der Waals surface area contributed by atoms with Gasteiger partial charge in [0.2, 0.25) is 0 Å². The summed E-state index contributed by atoms with van der Waals surface area (Å²) in [6, 6.07) is 8.84. The Balaban J connectivity index is 1.95. The zero-order chi connectivity index (χ0) is 14.6. The van der Waals surface area contributed by atoms with Crippen molar-refractivity contribution in [1.29, 1.82) is 0 Å². The standard InChI is InChI=1S/C15H20F3NO/c16-15(17,18)11-19(9-12-5-4-6-12)10-14(20)13-7-2-1-3-8-13/h1-3,7-8,12,14,20H,4-6,9-11H2. The van der Waals surface area contributed by atoms with Crippen LogP contribution in [-0.2, 0) is 0 Å². The predicted octanol–water partition coefficient (Wildman–Crippen LogP) is 3.38. The number of nitrogens with zero attached hydrogens (tertiary/aromatic N) is 1. The molecular weight excluding hydrogens is 267 g/mol. The Kier molecular flexibility index (Phi) is 5.05. The molecule has 1 saturated carbocycles. The van der Waals surface area contributed by atoms with E-state index < -0.39 is 18.8 Å². The van der Waals surface area contributed by atoms with E-state index in [-0.39, 0.29) is 6.54 Å². The zero-order valence-corrected chi connectivity index (χ0v) is 11.3. The Morgan fingerprint density at radius 2 is 1.85 bits per heavy atom. The van der Waals surface area contributed by atoms with Gasteiger partial charge >= 0.3 is 6.18 Å². The van der Waals surface area contributed by atoms with Crippen molar-refractivity contribution < 1.29 is 18.3 Å². The number of halogens is 3. The Morgan fingerprint density at radius 1 is 1.20 bits per heavy atom. The summed E-state index contributed by atoms with van der Waals surface area (Å²) in [7, 11) is 0. The molecule has 1 atom stereocenters. The van der Waals surface area contributed by atoms with E-state index in [4.69, 9.17) is 0 Å². The molecule has 0 saturated heterocycles. The molecule has 20 heavy (non-hydrogen) atoms. The van der Waals surface area contributed by atoms with E-state index in [1.54, 1.807) is 24.3 Å². The van der Waals surface area contributed by atoms with Crippen LogP contribution in [0.15, 0.2) is 30.3 Å². The Bertz CT molecular complexity index is 403. The first-order valence-electron chi connectivity index (χ1n) is 6.96. The fraction of sp³-hybridized carbons (Fsp3) is 0.600. The lowest BCUT2D eigenvalue weighted by atomic mass is 9.85. The smallest absolute Gasteiger partial charge is 0.387 e. The van der Waals surface area contributed by atoms with E-state index in [2.05, 4.69) is 0 Å². The van der Waals surface area contributed by atoms with E-state index in [0.717, 1.165) is 19.3 Å². The van der Waals surface area contributed by atoms with Crippen molar-refractivity contribution in [2.24, 2.45) is 5.92 Å². The van der Waals surface area contributed by atoms with Gasteiger partial charge in [-0.1, -0.05) is 36.8 Å². The second kappa shape index (κ2) is 6.59. The maximum absolute atomic E-state index is 12.6. The summed E-state index contributed by atoms with van der Waals surface area (Å²) in [6.45, 7) is -0.503. The summed E-state index contributed by atoms with van der Waals surface area (Å²) in [6.07, 6.45) is -2.00. The van der Waals surface area contributed by atoms with E-state index in [1.807, 2.05) is 6.07 Å². The molecule has 1 aliphatic rings. The molecule has 2 nitrogen and oxygen atoms in total. The lowest BCUT2D eigenvalue weighted by Gasteiger charge is -2.33. The maximum atomic E-state index is 12.6. The fourth-order valence-electron chi connectivity index (χ4n) is 2.52. The molecule has 0 radical (unpaired) electrons. The summed E-state index contributed by atoms with van der Waals surface area (Å²) in [5.41, 5.74) is 0.660. The van der Waals surface area contributed by atoms with E-state index in [1.165, 1.54) is 4.90 Å². The van der Waals surface area contributed by atoms with Gasteiger partial charge in [0.1, 0.15) is 0 Å². The van der Waals surface area contributed by atoms with Crippen LogP contribution in [0.1, 0.15) is 30.9 Å². The molecule has 1 fully saturated rings. The number of rotatable bonds is 6. The number of hydrogen-bond acceptors (Lipinski definition) is 2. The molecule has 5 heteroatoms. The average molecular weight is 287 g/mol. The SMILES string of the molecule is OC(CN(CC1CCC1)CC(F)(F)F)c1ccccc1. The summed E-state index contributed by atoms with van der Waals surface area (Å²) in [5.74, 6) is 0.348. The lowest BCUT2D eigenvalue weighted by Crippen LogP contribution is -2.41. The number of aliphatic hydroxyl groups is 1. The topological polar surface area (TPSA) is 23.5 Å². The molecule has 1 unspecified atom stereocenters. The quantitative estimate of drug-likeness (QED) is 0.867. The second-order valence-corrected chi connectivity index (χ2v) is 5.53. The minimum absolute atomic E-state index is 0.0278. The Labute approximate surface area is 117 Å². The van der Waals surface area contributed by atoms with Gasteiger partial charge in [-0.15, -0.1) is 0 Å². The van der Waals surface area contributed by atoms with Crippen LogP contribution in [0.2, 0.25) is 0 Å². The van der Waals surface area contributed by atoms with Crippen molar-refractivity contribution in [3.63, 3.8) is 0 Å². The molecule has 1 aromatic rings. The van der Waals surface area contributed by atoms with E-state index in [0.29, 0.717) is 18.0 Å². The van der Waals surface area contributed by atoms with Gasteiger partial charge in [-0.25, -0.2) is 0 Å². The van der Waals surface area contributed by atoms with Gasteiger partial charge in [-0.3, -0.25) is 4.90 Å². The third kappa shape index (κ3) is 4.80. The van der Waals surface area contributed by atoms with Crippen LogP contribution < -0.4 is 0 Å². The summed E-state index contributed by atoms with van der Waals surface area (Å²) in [4.78, 5) is 1.33. The molecule has 0 amide bonds. The van der Waals surface area contributed by atoms with Crippen molar-refractivity contribution >= 4 is 0 Å². The molecular formula is C15H20F3NO. The second-order valence-electron chi connectivity index (χ2n) is 5.53. The molecule has 1 N–H and O–H groups in total. The first-order valence-corrected chi connectivity index (χ1v) is 6.96. The lowest BCUT2D eigenvalue weighted by molar-refractivity contribution is -0.150. The minimum atomic E-state index is -4.22. The highest BCUT2D eigenvalue weighted by Gasteiger charge is 2.33. The van der Waals surface area contributed by atoms with Crippen molar-refractivity contribution in [2.75, 3.05) is 19.6 Å². The molecule has 1 aliphatic carbocycles. The molecule has 1 aromatic carbocycles. The van der Waals surface area contributed by atoms with Gasteiger partial charge in [-0.2, -0.15) is 13.2 Å². The molecule has 2 rings (SSSR count). The number of hydrogen-bond donors (Lipinski definition) is 1. The zero-order valence-electron chi connectivity index (χ0n) is 11.3. The molecule has 0 bridgehead atoms. The summed E-state index contributed by atoms with van der Waals surface area (Å²) >= 11 is 0. The van der Waals surface area contributed by atoms with Crippen molar-refractivity contribution in [3.8, 4) is 0 Å². The van der Waals surface area contributed by atoms with Crippen LogP contribution >= 0.6 is 0 Å². The van der Waals surface area contributed by atoms with Crippen LogP contribution in [0.3, 0.4) is 0 Å². The van der Waals surface area contributed by atoms with Gasteiger partial charge < -0.3 is 5.11 Å². The fourth-order valence-corrected chi connectivity index (χ4v) is 2.52. The van der Waals surface area contributed by atoms with Gasteiger partial charge in [0.05, 0.1) is 12.6 Å². The van der Waals surface area contributed by atoms with Crippen LogP contribution in [0.25, 0.3) is 0 Å². The normalized spacial score (nSPS) is 18.1. The first-order chi connectivity index (χ1) is 9.44. The Hall–Kier alpha value is -1.07. The van der Waals surface area contributed by atoms with Crippen LogP contribution in [-0.4, -0.2) is 35.8 Å². The number of alkyl halides is 3. The highest BCUT2D eigenvalue weighted by atomic mass is 19.4. The Morgan fingerprint density at radius 3 is 2.35 bits per heavy atom. The van der Waals surface area contributed by atoms with Crippen molar-refractivity contribution in [3.05, 3.63) is 35.9 Å². The largest absolute Gasteiger partial charge is 0.401 e. The van der Waals surface area contributed by atoms with Crippen LogP contribution in [0.5, 0.6) is 0 Å².